The van der Waals surface area contributed by atoms with E-state index in [9.17, 15) is 0 Å². The second-order valence-corrected chi connectivity index (χ2v) is 5.06. The summed E-state index contributed by atoms with van der Waals surface area (Å²) in [6.45, 7) is 1.73. The van der Waals surface area contributed by atoms with Gasteiger partial charge in [-0.25, -0.2) is 4.98 Å². The minimum Gasteiger partial charge on any atom is -0.497 e. The van der Waals surface area contributed by atoms with Crippen molar-refractivity contribution >= 4 is 22.6 Å². The van der Waals surface area contributed by atoms with Crippen molar-refractivity contribution < 1.29 is 4.74 Å². The molecule has 0 aliphatic carbocycles. The van der Waals surface area contributed by atoms with Gasteiger partial charge >= 0.3 is 0 Å². The maximum absolute atomic E-state index is 6.02. The fraction of sp³-hybridized carbons (Fsp3) is 0.333. The number of halogens is 1. The van der Waals surface area contributed by atoms with Gasteiger partial charge < -0.3 is 9.30 Å². The molecule has 3 rings (SSSR count). The number of benzene rings is 1. The Labute approximate surface area is 128 Å². The van der Waals surface area contributed by atoms with E-state index < -0.39 is 0 Å². The van der Waals surface area contributed by atoms with E-state index in [-0.39, 0.29) is 0 Å². The summed E-state index contributed by atoms with van der Waals surface area (Å²) in [5.74, 6) is 2.12. The Hall–Kier alpha value is -2.01. The molecule has 2 aromatic heterocycles. The molecule has 0 saturated heterocycles. The molecule has 0 aliphatic rings. The highest BCUT2D eigenvalue weighted by Gasteiger charge is 2.10. The molecule has 0 atom stereocenters. The van der Waals surface area contributed by atoms with Gasteiger partial charge in [0.1, 0.15) is 11.6 Å². The van der Waals surface area contributed by atoms with Crippen LogP contribution in [0.4, 0.5) is 0 Å². The van der Waals surface area contributed by atoms with Gasteiger partial charge in [0.25, 0.3) is 0 Å². The van der Waals surface area contributed by atoms with Gasteiger partial charge in [0.15, 0.2) is 0 Å². The topological polar surface area (TPSA) is 44.9 Å². The van der Waals surface area contributed by atoms with Crippen LogP contribution in [0.1, 0.15) is 12.2 Å². The molecule has 110 valence electrons. The summed E-state index contributed by atoms with van der Waals surface area (Å²) in [4.78, 5) is 4.58. The van der Waals surface area contributed by atoms with Crippen LogP contribution < -0.4 is 4.74 Å². The van der Waals surface area contributed by atoms with Crippen LogP contribution in [-0.2, 0) is 19.0 Å². The number of aryl methyl sites for hydroxylation is 2. The van der Waals surface area contributed by atoms with Crippen LogP contribution in [0.3, 0.4) is 0 Å². The van der Waals surface area contributed by atoms with Crippen LogP contribution in [0.25, 0.3) is 11.0 Å². The fourth-order valence-corrected chi connectivity index (χ4v) is 2.66. The van der Waals surface area contributed by atoms with E-state index in [2.05, 4.69) is 14.6 Å². The number of ether oxygens (including phenoxy) is 1. The lowest BCUT2D eigenvalue weighted by Crippen LogP contribution is -2.07. The van der Waals surface area contributed by atoms with E-state index >= 15 is 0 Å². The summed E-state index contributed by atoms with van der Waals surface area (Å²) >= 11 is 6.02. The van der Waals surface area contributed by atoms with Crippen molar-refractivity contribution in [2.75, 3.05) is 7.11 Å². The van der Waals surface area contributed by atoms with Gasteiger partial charge in [-0.2, -0.15) is 5.10 Å². The molecule has 0 bridgehead atoms. The number of aromatic nitrogens is 4. The quantitative estimate of drug-likeness (QED) is 0.657. The summed E-state index contributed by atoms with van der Waals surface area (Å²) in [5.41, 5.74) is 2.01. The van der Waals surface area contributed by atoms with Crippen molar-refractivity contribution in [2.45, 2.75) is 25.4 Å². The van der Waals surface area contributed by atoms with Crippen molar-refractivity contribution in [1.82, 2.24) is 19.3 Å². The number of alkyl halides is 1. The van der Waals surface area contributed by atoms with Crippen LogP contribution in [0.15, 0.2) is 36.7 Å². The second-order valence-electron chi connectivity index (χ2n) is 4.79. The first-order chi connectivity index (χ1) is 10.3. The van der Waals surface area contributed by atoms with Crippen LogP contribution in [0.5, 0.6) is 5.75 Å². The Balaban J connectivity index is 1.84. The standard InChI is InChI=1S/C15H17ClN4O/c1-21-12-4-5-13-14(10-12)20(15(11-16)18-13)9-3-8-19-7-2-6-17-19/h2,4-7,10H,3,8-9,11H2,1H3. The summed E-state index contributed by atoms with van der Waals surface area (Å²) < 4.78 is 9.39. The second kappa shape index (κ2) is 6.18. The first-order valence-corrected chi connectivity index (χ1v) is 7.42. The lowest BCUT2D eigenvalue weighted by Gasteiger charge is -2.08. The summed E-state index contributed by atoms with van der Waals surface area (Å²) in [6.07, 6.45) is 4.73. The van der Waals surface area contributed by atoms with E-state index in [1.54, 1.807) is 13.3 Å². The highest BCUT2D eigenvalue weighted by Crippen LogP contribution is 2.23. The maximum atomic E-state index is 6.02. The molecule has 0 radical (unpaired) electrons. The normalized spacial score (nSPS) is 11.1. The Morgan fingerprint density at radius 3 is 2.90 bits per heavy atom. The third-order valence-corrected chi connectivity index (χ3v) is 3.72. The van der Waals surface area contributed by atoms with E-state index in [4.69, 9.17) is 16.3 Å². The third-order valence-electron chi connectivity index (χ3n) is 3.48. The fourth-order valence-electron chi connectivity index (χ4n) is 2.45. The molecule has 0 saturated carbocycles. The lowest BCUT2D eigenvalue weighted by molar-refractivity contribution is 0.415. The van der Waals surface area contributed by atoms with Gasteiger partial charge in [0.05, 0.1) is 24.0 Å². The molecule has 5 nitrogen and oxygen atoms in total. The molecule has 0 N–H and O–H groups in total. The van der Waals surface area contributed by atoms with Crippen LogP contribution in [0, 0.1) is 0 Å². The first kappa shape index (κ1) is 13.9. The lowest BCUT2D eigenvalue weighted by atomic mass is 10.3. The summed E-state index contributed by atoms with van der Waals surface area (Å²) in [5, 5.41) is 4.21. The zero-order valence-corrected chi connectivity index (χ0v) is 12.6. The Bertz CT molecular complexity index is 721. The number of fused-ring (bicyclic) bond motifs is 1. The first-order valence-electron chi connectivity index (χ1n) is 6.88. The average molecular weight is 305 g/mol. The number of imidazole rings is 1. The minimum absolute atomic E-state index is 0.402. The molecule has 21 heavy (non-hydrogen) atoms. The number of hydrogen-bond acceptors (Lipinski definition) is 3. The largest absolute Gasteiger partial charge is 0.497 e. The maximum Gasteiger partial charge on any atom is 0.124 e. The molecule has 0 unspecified atom stereocenters. The molecular formula is C15H17ClN4O. The number of methoxy groups -OCH3 is 1. The molecule has 0 amide bonds. The predicted molar refractivity (Wildman–Crippen MR) is 82.7 cm³/mol. The average Bonchev–Trinajstić information content (AvgIpc) is 3.14. The van der Waals surface area contributed by atoms with E-state index in [1.807, 2.05) is 35.1 Å². The van der Waals surface area contributed by atoms with E-state index in [0.717, 1.165) is 42.1 Å². The van der Waals surface area contributed by atoms with Gasteiger partial charge in [-0.05, 0) is 24.6 Å². The van der Waals surface area contributed by atoms with Crippen LogP contribution >= 0.6 is 11.6 Å². The zero-order chi connectivity index (χ0) is 14.7. The van der Waals surface area contributed by atoms with Crippen LogP contribution in [0.2, 0.25) is 0 Å². The van der Waals surface area contributed by atoms with Crippen molar-refractivity contribution in [3.8, 4) is 5.75 Å². The SMILES string of the molecule is COc1ccc2nc(CCl)n(CCCn3cccn3)c2c1. The highest BCUT2D eigenvalue weighted by molar-refractivity contribution is 6.16. The summed E-state index contributed by atoms with van der Waals surface area (Å²) in [6, 6.07) is 7.82. The third kappa shape index (κ3) is 2.88. The van der Waals surface area contributed by atoms with Gasteiger partial charge in [0, 0.05) is 31.5 Å². The molecular weight excluding hydrogens is 288 g/mol. The monoisotopic (exact) mass is 304 g/mol. The minimum atomic E-state index is 0.402. The van der Waals surface area contributed by atoms with Gasteiger partial charge in [-0.15, -0.1) is 11.6 Å². The molecule has 0 fully saturated rings. The van der Waals surface area contributed by atoms with Crippen molar-refractivity contribution in [1.29, 1.82) is 0 Å². The van der Waals surface area contributed by atoms with Gasteiger partial charge in [0.2, 0.25) is 0 Å². The molecule has 0 spiro atoms. The molecule has 1 aromatic carbocycles. The predicted octanol–water partition coefficient (Wildman–Crippen LogP) is 3.07. The van der Waals surface area contributed by atoms with Gasteiger partial charge in [-0.1, -0.05) is 0 Å². The Kier molecular flexibility index (Phi) is 4.10. The van der Waals surface area contributed by atoms with E-state index in [0.29, 0.717) is 5.88 Å². The number of nitrogens with zero attached hydrogens (tertiary/aromatic N) is 4. The molecule has 3 aromatic rings. The van der Waals surface area contributed by atoms with Crippen LogP contribution in [-0.4, -0.2) is 26.4 Å². The molecule has 6 heteroatoms. The number of hydrogen-bond donors (Lipinski definition) is 0. The Morgan fingerprint density at radius 2 is 2.19 bits per heavy atom. The molecule has 2 heterocycles. The smallest absolute Gasteiger partial charge is 0.124 e. The zero-order valence-electron chi connectivity index (χ0n) is 11.9. The number of rotatable bonds is 6. The van der Waals surface area contributed by atoms with E-state index in [1.165, 1.54) is 0 Å². The molecule has 0 aliphatic heterocycles. The van der Waals surface area contributed by atoms with Crippen molar-refractivity contribution in [3.63, 3.8) is 0 Å². The van der Waals surface area contributed by atoms with Crippen molar-refractivity contribution in [2.24, 2.45) is 0 Å². The Morgan fingerprint density at radius 1 is 1.29 bits per heavy atom. The summed E-state index contributed by atoms with van der Waals surface area (Å²) in [7, 11) is 1.67. The van der Waals surface area contributed by atoms with Gasteiger partial charge in [-0.3, -0.25) is 4.68 Å². The van der Waals surface area contributed by atoms with Crippen molar-refractivity contribution in [3.05, 3.63) is 42.5 Å². The highest BCUT2D eigenvalue weighted by atomic mass is 35.5.